The number of rotatable bonds is 2. The molecular weight excluding hydrogens is 242 g/mol. The van der Waals surface area contributed by atoms with Crippen LogP contribution in [0.4, 0.5) is 11.7 Å². The van der Waals surface area contributed by atoms with E-state index in [4.69, 9.17) is 10.2 Å². The van der Waals surface area contributed by atoms with Gasteiger partial charge < -0.3 is 20.2 Å². The standard InChI is InChI=1S/C14H19N3O2/c1-17(11-4-2-3-5-12(11)18)14-16-10-7-6-9(15)8-13(10)19-14/h6-8,11-12,18H,2-5,15H2,1H3. The second-order valence-electron chi connectivity index (χ2n) is 5.25. The number of benzene rings is 1. The lowest BCUT2D eigenvalue weighted by molar-refractivity contribution is 0.104. The van der Waals surface area contributed by atoms with Crippen molar-refractivity contribution in [2.45, 2.75) is 37.8 Å². The largest absolute Gasteiger partial charge is 0.423 e. The number of hydrogen-bond donors (Lipinski definition) is 2. The summed E-state index contributed by atoms with van der Waals surface area (Å²) in [6, 6.07) is 6.06. The molecule has 19 heavy (non-hydrogen) atoms. The van der Waals surface area contributed by atoms with Crippen LogP contribution >= 0.6 is 0 Å². The number of anilines is 2. The van der Waals surface area contributed by atoms with E-state index >= 15 is 0 Å². The zero-order valence-corrected chi connectivity index (χ0v) is 11.0. The van der Waals surface area contributed by atoms with E-state index in [0.29, 0.717) is 17.3 Å². The van der Waals surface area contributed by atoms with Gasteiger partial charge in [-0.1, -0.05) is 12.8 Å². The molecule has 1 saturated carbocycles. The molecule has 1 fully saturated rings. The average Bonchev–Trinajstić information content (AvgIpc) is 2.81. The molecule has 0 spiro atoms. The molecule has 5 nitrogen and oxygen atoms in total. The van der Waals surface area contributed by atoms with Crippen LogP contribution in [0.1, 0.15) is 25.7 Å². The van der Waals surface area contributed by atoms with Crippen LogP contribution in [0.3, 0.4) is 0 Å². The molecule has 102 valence electrons. The summed E-state index contributed by atoms with van der Waals surface area (Å²) in [4.78, 5) is 6.40. The first-order valence-corrected chi connectivity index (χ1v) is 6.72. The lowest BCUT2D eigenvalue weighted by Gasteiger charge is -2.34. The minimum absolute atomic E-state index is 0.0826. The second-order valence-corrected chi connectivity index (χ2v) is 5.25. The van der Waals surface area contributed by atoms with Crippen LogP contribution in [0.2, 0.25) is 0 Å². The highest BCUT2D eigenvalue weighted by Gasteiger charge is 2.29. The molecule has 2 unspecified atom stereocenters. The van der Waals surface area contributed by atoms with Gasteiger partial charge in [-0.2, -0.15) is 4.98 Å². The first kappa shape index (κ1) is 12.3. The van der Waals surface area contributed by atoms with Gasteiger partial charge in [-0.05, 0) is 25.0 Å². The lowest BCUT2D eigenvalue weighted by atomic mass is 9.92. The Morgan fingerprint density at radius 1 is 1.37 bits per heavy atom. The summed E-state index contributed by atoms with van der Waals surface area (Å²) in [5, 5.41) is 10.1. The van der Waals surface area contributed by atoms with Crippen molar-refractivity contribution in [3.05, 3.63) is 18.2 Å². The van der Waals surface area contributed by atoms with Crippen molar-refractivity contribution < 1.29 is 9.52 Å². The van der Waals surface area contributed by atoms with Crippen LogP contribution in [0, 0.1) is 0 Å². The monoisotopic (exact) mass is 261 g/mol. The number of likely N-dealkylation sites (N-methyl/N-ethyl adjacent to an activating group) is 1. The van der Waals surface area contributed by atoms with Crippen LogP contribution in [0.5, 0.6) is 0 Å². The van der Waals surface area contributed by atoms with E-state index in [9.17, 15) is 5.11 Å². The predicted molar refractivity (Wildman–Crippen MR) is 75.1 cm³/mol. The summed E-state index contributed by atoms with van der Waals surface area (Å²) in [5.41, 5.74) is 7.88. The van der Waals surface area contributed by atoms with Crippen LogP contribution in [-0.4, -0.2) is 29.3 Å². The van der Waals surface area contributed by atoms with Crippen LogP contribution in [0.25, 0.3) is 11.1 Å². The fourth-order valence-corrected chi connectivity index (χ4v) is 2.77. The normalized spacial score (nSPS) is 23.7. The maximum atomic E-state index is 10.1. The number of nitrogens with zero attached hydrogens (tertiary/aromatic N) is 2. The molecule has 1 aromatic carbocycles. The molecule has 2 atom stereocenters. The maximum Gasteiger partial charge on any atom is 0.298 e. The van der Waals surface area contributed by atoms with E-state index in [-0.39, 0.29) is 12.1 Å². The summed E-state index contributed by atoms with van der Waals surface area (Å²) in [6.07, 6.45) is 3.74. The molecule has 1 aliphatic rings. The molecule has 0 aliphatic heterocycles. The molecule has 0 saturated heterocycles. The van der Waals surface area contributed by atoms with Gasteiger partial charge in [0, 0.05) is 18.8 Å². The molecule has 0 bridgehead atoms. The Labute approximate surface area is 112 Å². The Kier molecular flexibility index (Phi) is 3.06. The summed E-state index contributed by atoms with van der Waals surface area (Å²) in [7, 11) is 1.92. The van der Waals surface area contributed by atoms with Gasteiger partial charge in [-0.15, -0.1) is 0 Å². The molecular formula is C14H19N3O2. The third-order valence-electron chi connectivity index (χ3n) is 3.89. The average molecular weight is 261 g/mol. The molecule has 3 rings (SSSR count). The van der Waals surface area contributed by atoms with Crippen molar-refractivity contribution in [3.63, 3.8) is 0 Å². The van der Waals surface area contributed by atoms with Gasteiger partial charge in [-0.25, -0.2) is 0 Å². The molecule has 0 radical (unpaired) electrons. The quantitative estimate of drug-likeness (QED) is 0.810. The van der Waals surface area contributed by atoms with Gasteiger partial charge in [0.05, 0.1) is 12.1 Å². The molecule has 1 aliphatic carbocycles. The smallest absolute Gasteiger partial charge is 0.298 e. The topological polar surface area (TPSA) is 75.5 Å². The van der Waals surface area contributed by atoms with Crippen LogP contribution in [-0.2, 0) is 0 Å². The summed E-state index contributed by atoms with van der Waals surface area (Å²) < 4.78 is 5.74. The molecule has 0 amide bonds. The third kappa shape index (κ3) is 2.26. The van der Waals surface area contributed by atoms with E-state index < -0.39 is 0 Å². The Hall–Kier alpha value is -1.75. The van der Waals surface area contributed by atoms with Crippen molar-refractivity contribution in [2.75, 3.05) is 17.7 Å². The number of aromatic nitrogens is 1. The van der Waals surface area contributed by atoms with E-state index in [0.717, 1.165) is 31.2 Å². The summed E-state index contributed by atoms with van der Waals surface area (Å²) >= 11 is 0. The molecule has 1 heterocycles. The van der Waals surface area contributed by atoms with Crippen molar-refractivity contribution in [3.8, 4) is 0 Å². The Balaban J connectivity index is 1.90. The SMILES string of the molecule is CN(c1nc2ccc(N)cc2o1)C1CCCCC1O. The zero-order chi connectivity index (χ0) is 13.4. The number of hydrogen-bond acceptors (Lipinski definition) is 5. The number of aliphatic hydroxyl groups excluding tert-OH is 1. The highest BCUT2D eigenvalue weighted by molar-refractivity contribution is 5.78. The maximum absolute atomic E-state index is 10.1. The van der Waals surface area contributed by atoms with Gasteiger partial charge in [-0.3, -0.25) is 0 Å². The van der Waals surface area contributed by atoms with Gasteiger partial charge in [0.2, 0.25) is 0 Å². The first-order valence-electron chi connectivity index (χ1n) is 6.72. The highest BCUT2D eigenvalue weighted by Crippen LogP contribution is 2.29. The fourth-order valence-electron chi connectivity index (χ4n) is 2.77. The lowest BCUT2D eigenvalue weighted by Crippen LogP contribution is -2.43. The highest BCUT2D eigenvalue weighted by atomic mass is 16.4. The van der Waals surface area contributed by atoms with Crippen LogP contribution < -0.4 is 10.6 Å². The first-order chi connectivity index (χ1) is 9.15. The van der Waals surface area contributed by atoms with Crippen molar-refractivity contribution >= 4 is 22.8 Å². The second kappa shape index (κ2) is 4.74. The van der Waals surface area contributed by atoms with Crippen molar-refractivity contribution in [1.29, 1.82) is 0 Å². The third-order valence-corrected chi connectivity index (χ3v) is 3.89. The minimum Gasteiger partial charge on any atom is -0.423 e. The van der Waals surface area contributed by atoms with Gasteiger partial charge in [0.25, 0.3) is 6.01 Å². The van der Waals surface area contributed by atoms with E-state index in [1.807, 2.05) is 24.1 Å². The van der Waals surface area contributed by atoms with Crippen molar-refractivity contribution in [2.24, 2.45) is 0 Å². The summed E-state index contributed by atoms with van der Waals surface area (Å²) in [6.45, 7) is 0. The molecule has 1 aromatic heterocycles. The molecule has 2 aromatic rings. The Bertz CT molecular complexity index is 581. The van der Waals surface area contributed by atoms with Crippen molar-refractivity contribution in [1.82, 2.24) is 4.98 Å². The number of fused-ring (bicyclic) bond motifs is 1. The summed E-state index contributed by atoms with van der Waals surface area (Å²) in [5.74, 6) is 0. The number of oxazole rings is 1. The molecule has 3 N–H and O–H groups in total. The number of nitrogens with two attached hydrogens (primary N) is 1. The minimum atomic E-state index is -0.307. The fraction of sp³-hybridized carbons (Fsp3) is 0.500. The van der Waals surface area contributed by atoms with Gasteiger partial charge in [0.15, 0.2) is 5.58 Å². The Morgan fingerprint density at radius 2 is 2.16 bits per heavy atom. The zero-order valence-electron chi connectivity index (χ0n) is 11.0. The van der Waals surface area contributed by atoms with Gasteiger partial charge in [0.1, 0.15) is 5.52 Å². The predicted octanol–water partition coefficient (Wildman–Crippen LogP) is 2.15. The van der Waals surface area contributed by atoms with E-state index in [1.165, 1.54) is 0 Å². The Morgan fingerprint density at radius 3 is 2.95 bits per heavy atom. The van der Waals surface area contributed by atoms with Gasteiger partial charge >= 0.3 is 0 Å². The van der Waals surface area contributed by atoms with Crippen LogP contribution in [0.15, 0.2) is 22.6 Å². The number of nitrogen functional groups attached to an aromatic ring is 1. The molecule has 5 heteroatoms. The van der Waals surface area contributed by atoms with E-state index in [2.05, 4.69) is 4.98 Å². The van der Waals surface area contributed by atoms with E-state index in [1.54, 1.807) is 6.07 Å². The number of aliphatic hydroxyl groups is 1.